The minimum atomic E-state index is -0.750. The molecular weight excluding hydrogens is 516 g/mol. The first-order chi connectivity index (χ1) is 17.4. The van der Waals surface area contributed by atoms with Gasteiger partial charge in [-0.15, -0.1) is 16.8 Å². The van der Waals surface area contributed by atoms with Gasteiger partial charge in [-0.25, -0.2) is 12.2 Å². The molecule has 0 aliphatic carbocycles. The molecule has 0 spiro atoms. The topological polar surface area (TPSA) is 69.2 Å². The van der Waals surface area contributed by atoms with E-state index in [-0.39, 0.29) is 21.7 Å². The van der Waals surface area contributed by atoms with Gasteiger partial charge in [0.05, 0.1) is 0 Å². The van der Waals surface area contributed by atoms with Gasteiger partial charge in [0.15, 0.2) is 0 Å². The molecule has 0 saturated heterocycles. The molecule has 0 atom stereocenters. The predicted octanol–water partition coefficient (Wildman–Crippen LogP) is 6.57. The molecule has 2 aromatic carbocycles. The molecule has 0 N–H and O–H groups in total. The molecule has 0 unspecified atom stereocenters. The van der Waals surface area contributed by atoms with E-state index in [1.54, 1.807) is 68.4 Å². The van der Waals surface area contributed by atoms with Crippen LogP contribution in [-0.2, 0) is 34.6 Å². The average Bonchev–Trinajstić information content (AvgIpc) is 2.75. The Labute approximate surface area is 256 Å². The molecule has 0 heterocycles. The van der Waals surface area contributed by atoms with E-state index in [9.17, 15) is 15.3 Å². The van der Waals surface area contributed by atoms with Crippen LogP contribution in [0.2, 0.25) is 0 Å². The monoisotopic (exact) mass is 568 g/mol. The molecule has 2 aromatic rings. The van der Waals surface area contributed by atoms with Crippen LogP contribution in [0.3, 0.4) is 0 Å². The number of benzene rings is 2. The second-order valence-corrected chi connectivity index (χ2v) is 11.3. The Morgan fingerprint density at radius 1 is 0.564 bits per heavy atom. The fourth-order valence-electron chi connectivity index (χ4n) is 1.90. The molecule has 0 aromatic heterocycles. The van der Waals surface area contributed by atoms with Gasteiger partial charge in [0.25, 0.3) is 0 Å². The van der Waals surface area contributed by atoms with Crippen LogP contribution in [0.5, 0.6) is 0 Å². The SMILES string of the molecule is C(C=CCc1ccccc1)=CCc1ccccc1.CC(C)(C)[O-].CC(C)(C)[O-].CC(C)(C)[O-].[CH-]=CC=CC.[Ti+4]. The van der Waals surface area contributed by atoms with Crippen molar-refractivity contribution in [3.63, 3.8) is 0 Å². The summed E-state index contributed by atoms with van der Waals surface area (Å²) in [5.74, 6) is 0. The van der Waals surface area contributed by atoms with E-state index < -0.39 is 16.8 Å². The number of hydrogen-bond donors (Lipinski definition) is 0. The minimum Gasteiger partial charge on any atom is -0.850 e. The molecule has 39 heavy (non-hydrogen) atoms. The maximum Gasteiger partial charge on any atom is 4.00 e. The van der Waals surface area contributed by atoms with Crippen LogP contribution in [0.4, 0.5) is 0 Å². The van der Waals surface area contributed by atoms with E-state index >= 15 is 0 Å². The summed E-state index contributed by atoms with van der Waals surface area (Å²) in [6.45, 7) is 21.5. The zero-order valence-electron chi connectivity index (χ0n) is 26.0. The van der Waals surface area contributed by atoms with Crippen LogP contribution in [-0.4, -0.2) is 16.8 Å². The zero-order valence-corrected chi connectivity index (χ0v) is 27.6. The third kappa shape index (κ3) is 66.6. The first-order valence-electron chi connectivity index (χ1n) is 13.0. The molecule has 0 radical (unpaired) electrons. The molecule has 0 bridgehead atoms. The fraction of sp³-hybridized carbons (Fsp3) is 0.429. The second kappa shape index (κ2) is 26.2. The normalized spacial score (nSPS) is 11.0. The van der Waals surface area contributed by atoms with E-state index in [2.05, 4.69) is 72.8 Å². The van der Waals surface area contributed by atoms with Gasteiger partial charge in [-0.1, -0.05) is 154 Å². The summed E-state index contributed by atoms with van der Waals surface area (Å²) in [5.41, 5.74) is 0.454. The molecule has 4 heteroatoms. The Morgan fingerprint density at radius 2 is 0.821 bits per heavy atom. The molecule has 214 valence electrons. The van der Waals surface area contributed by atoms with Crippen LogP contribution in [0, 0.1) is 6.58 Å². The van der Waals surface area contributed by atoms with Gasteiger partial charge in [0.1, 0.15) is 0 Å². The Kier molecular flexibility index (Phi) is 29.6. The predicted molar refractivity (Wildman–Crippen MR) is 162 cm³/mol. The summed E-state index contributed by atoms with van der Waals surface area (Å²) in [6.07, 6.45) is 15.8. The number of allylic oxidation sites excluding steroid dienone is 7. The van der Waals surface area contributed by atoms with E-state index in [1.165, 1.54) is 17.2 Å². The summed E-state index contributed by atoms with van der Waals surface area (Å²) in [4.78, 5) is 0. The van der Waals surface area contributed by atoms with Crippen molar-refractivity contribution in [3.05, 3.63) is 121 Å². The van der Waals surface area contributed by atoms with Crippen molar-refractivity contribution in [3.8, 4) is 0 Å². The number of rotatable bonds is 6. The summed E-state index contributed by atoms with van der Waals surface area (Å²) in [5, 5.41) is 30.3. The summed E-state index contributed by atoms with van der Waals surface area (Å²) in [7, 11) is 0. The van der Waals surface area contributed by atoms with Crippen molar-refractivity contribution in [2.24, 2.45) is 0 Å². The Morgan fingerprint density at radius 3 is 1.00 bits per heavy atom. The third-order valence-electron chi connectivity index (χ3n) is 3.08. The van der Waals surface area contributed by atoms with Crippen LogP contribution in [0.1, 0.15) is 80.4 Å². The molecule has 0 amide bonds. The maximum atomic E-state index is 10.1. The largest absolute Gasteiger partial charge is 4.00 e. The summed E-state index contributed by atoms with van der Waals surface area (Å²) in [6, 6.07) is 21.0. The van der Waals surface area contributed by atoms with E-state index in [0.29, 0.717) is 0 Å². The van der Waals surface area contributed by atoms with Crippen molar-refractivity contribution in [2.75, 3.05) is 0 Å². The molecule has 0 aliphatic heterocycles. The van der Waals surface area contributed by atoms with Crippen molar-refractivity contribution >= 4 is 0 Å². The van der Waals surface area contributed by atoms with Gasteiger partial charge < -0.3 is 15.3 Å². The van der Waals surface area contributed by atoms with E-state index in [0.717, 1.165) is 12.8 Å². The first-order valence-corrected chi connectivity index (χ1v) is 13.0. The Bertz CT molecular complexity index is 768. The van der Waals surface area contributed by atoms with Crippen LogP contribution < -0.4 is 15.3 Å². The maximum absolute atomic E-state index is 10.1. The van der Waals surface area contributed by atoms with Crippen LogP contribution >= 0.6 is 0 Å². The zero-order chi connectivity index (χ0) is 30.1. The van der Waals surface area contributed by atoms with E-state index in [1.807, 2.05) is 25.1 Å². The molecule has 0 saturated carbocycles. The van der Waals surface area contributed by atoms with E-state index in [4.69, 9.17) is 6.58 Å². The molecule has 0 aliphatic rings. The smallest absolute Gasteiger partial charge is 0.850 e. The van der Waals surface area contributed by atoms with Gasteiger partial charge in [0, 0.05) is 0 Å². The van der Waals surface area contributed by atoms with Gasteiger partial charge in [-0.2, -0.15) is 6.08 Å². The van der Waals surface area contributed by atoms with Gasteiger partial charge in [0.2, 0.25) is 0 Å². The van der Waals surface area contributed by atoms with Crippen molar-refractivity contribution in [1.82, 2.24) is 0 Å². The molecule has 3 nitrogen and oxygen atoms in total. The van der Waals surface area contributed by atoms with Gasteiger partial charge in [-0.3, -0.25) is 6.58 Å². The van der Waals surface area contributed by atoms with Crippen LogP contribution in [0.15, 0.2) is 103 Å². The summed E-state index contributed by atoms with van der Waals surface area (Å²) < 4.78 is 0. The first kappa shape index (κ1) is 44.0. The average molecular weight is 569 g/mol. The molecule has 0 fully saturated rings. The molecule has 2 rings (SSSR count). The second-order valence-electron chi connectivity index (χ2n) is 11.3. The van der Waals surface area contributed by atoms with Crippen molar-refractivity contribution in [1.29, 1.82) is 0 Å². The number of hydrogen-bond acceptors (Lipinski definition) is 3. The van der Waals surface area contributed by atoms with Crippen molar-refractivity contribution < 1.29 is 37.0 Å². The molecular formula is C35H52O3Ti. The third-order valence-corrected chi connectivity index (χ3v) is 3.08. The Balaban J connectivity index is -0.000000241. The fourth-order valence-corrected chi connectivity index (χ4v) is 1.90. The minimum absolute atomic E-state index is 0. The standard InChI is InChI=1S/C18H18.C5H7.3C4H9O.Ti/c1(5-11-17-13-7-3-8-14-17)2-6-12-18-15-9-4-10-16-18;1-3-5-4-2;3*1-4(2,3)5;/h1-10,13-16H,11-12H2;1,3-5H,2H3;3*1-3H3;/q;4*-1;+4. The Hall–Kier alpha value is -2.01. The summed E-state index contributed by atoms with van der Waals surface area (Å²) >= 11 is 0. The van der Waals surface area contributed by atoms with Gasteiger partial charge >= 0.3 is 21.7 Å². The quantitative estimate of drug-likeness (QED) is 0.225. The van der Waals surface area contributed by atoms with Crippen molar-refractivity contribution in [2.45, 2.75) is 98.9 Å². The van der Waals surface area contributed by atoms with Crippen LogP contribution in [0.25, 0.3) is 0 Å². The van der Waals surface area contributed by atoms with Gasteiger partial charge in [-0.05, 0) is 24.0 Å².